The Morgan fingerprint density at radius 3 is 3.09 bits per heavy atom. The van der Waals surface area contributed by atoms with Gasteiger partial charge in [0.25, 0.3) is 5.91 Å². The van der Waals surface area contributed by atoms with Crippen molar-refractivity contribution >= 4 is 23.2 Å². The zero-order valence-corrected chi connectivity index (χ0v) is 13.6. The molecule has 0 unspecified atom stereocenters. The maximum Gasteiger partial charge on any atom is 0.273 e. The van der Waals surface area contributed by atoms with Crippen LogP contribution in [0.15, 0.2) is 10.9 Å². The van der Waals surface area contributed by atoms with Crippen LogP contribution in [0, 0.1) is 5.92 Å². The van der Waals surface area contributed by atoms with E-state index >= 15 is 0 Å². The number of nitrogens with zero attached hydrogens (tertiary/aromatic N) is 3. The van der Waals surface area contributed by atoms with Crippen LogP contribution in [0.2, 0.25) is 0 Å². The zero-order valence-electron chi connectivity index (χ0n) is 12.8. The van der Waals surface area contributed by atoms with E-state index in [1.54, 1.807) is 10.9 Å². The van der Waals surface area contributed by atoms with Gasteiger partial charge in [0, 0.05) is 44.0 Å². The molecule has 1 N–H and O–H groups in total. The fraction of sp³-hybridized carbons (Fsp3) is 0.667. The van der Waals surface area contributed by atoms with Crippen molar-refractivity contribution in [1.29, 1.82) is 0 Å². The smallest absolute Gasteiger partial charge is 0.273 e. The molecule has 0 aromatic carbocycles. The van der Waals surface area contributed by atoms with Crippen LogP contribution in [0.5, 0.6) is 0 Å². The largest absolute Gasteiger partial charge is 0.338 e. The quantitative estimate of drug-likeness (QED) is 0.891. The van der Waals surface area contributed by atoms with E-state index in [0.29, 0.717) is 24.6 Å². The number of nitrogens with one attached hydrogen (secondary N) is 1. The van der Waals surface area contributed by atoms with Gasteiger partial charge >= 0.3 is 0 Å². The first-order chi connectivity index (χ1) is 10.7. The average Bonchev–Trinajstić information content (AvgIpc) is 3.07. The van der Waals surface area contributed by atoms with Gasteiger partial charge in [-0.05, 0) is 25.8 Å². The predicted octanol–water partition coefficient (Wildman–Crippen LogP) is 0.816. The predicted molar refractivity (Wildman–Crippen MR) is 84.8 cm³/mol. The summed E-state index contributed by atoms with van der Waals surface area (Å²) in [6.07, 6.45) is 2.36. The Morgan fingerprint density at radius 2 is 2.36 bits per heavy atom. The van der Waals surface area contributed by atoms with Crippen LogP contribution in [-0.2, 0) is 4.79 Å². The zero-order chi connectivity index (χ0) is 15.5. The van der Waals surface area contributed by atoms with Gasteiger partial charge in [-0.1, -0.05) is 0 Å². The molecular formula is C15H22N4O2S. The van der Waals surface area contributed by atoms with Gasteiger partial charge in [-0.15, -0.1) is 11.3 Å². The van der Waals surface area contributed by atoms with Crippen molar-refractivity contribution in [3.8, 4) is 0 Å². The lowest BCUT2D eigenvalue weighted by atomic mass is 9.83. The summed E-state index contributed by atoms with van der Waals surface area (Å²) in [7, 11) is 1.90. The van der Waals surface area contributed by atoms with E-state index < -0.39 is 0 Å². The second-order valence-electron chi connectivity index (χ2n) is 5.97. The number of thiazole rings is 1. The number of hydrogen-bond donors (Lipinski definition) is 1. The molecule has 2 saturated heterocycles. The molecule has 0 radical (unpaired) electrons. The summed E-state index contributed by atoms with van der Waals surface area (Å²) in [4.78, 5) is 32.6. The molecule has 6 nitrogen and oxygen atoms in total. The van der Waals surface area contributed by atoms with Crippen LogP contribution in [0.3, 0.4) is 0 Å². The lowest BCUT2D eigenvalue weighted by Crippen LogP contribution is -2.57. The number of carbonyl (C=O) groups is 2. The fourth-order valence-electron chi connectivity index (χ4n) is 3.54. The third kappa shape index (κ3) is 3.01. The van der Waals surface area contributed by atoms with Crippen LogP contribution >= 0.6 is 11.3 Å². The normalized spacial score (nSPS) is 25.2. The number of fused-ring (bicyclic) bond motifs is 1. The number of likely N-dealkylation sites (N-methyl/N-ethyl adjacent to an activating group) is 1. The molecule has 7 heteroatoms. The van der Waals surface area contributed by atoms with Gasteiger partial charge in [0.15, 0.2) is 0 Å². The van der Waals surface area contributed by atoms with Crippen molar-refractivity contribution in [2.45, 2.75) is 25.3 Å². The van der Waals surface area contributed by atoms with E-state index in [2.05, 4.69) is 10.3 Å². The highest BCUT2D eigenvalue weighted by Crippen LogP contribution is 2.31. The van der Waals surface area contributed by atoms with E-state index in [-0.39, 0.29) is 17.9 Å². The molecule has 2 atom stereocenters. The van der Waals surface area contributed by atoms with Gasteiger partial charge in [-0.25, -0.2) is 4.98 Å². The Hall–Kier alpha value is -1.47. The van der Waals surface area contributed by atoms with Crippen molar-refractivity contribution in [2.24, 2.45) is 5.92 Å². The molecule has 1 aromatic heterocycles. The molecule has 3 rings (SSSR count). The van der Waals surface area contributed by atoms with Crippen molar-refractivity contribution in [3.05, 3.63) is 16.6 Å². The number of aromatic nitrogens is 1. The number of hydrogen-bond acceptors (Lipinski definition) is 5. The standard InChI is InChI=1S/C15H22N4O2S/c1-16-5-7-19-13-4-6-18(8-11(13)2-3-14(19)20)15(21)12-9-22-10-17-12/h9-11,13,16H,2-8H2,1H3/t11-,13+/m0/s1. The minimum absolute atomic E-state index is 0.0263. The van der Waals surface area contributed by atoms with Gasteiger partial charge in [0.1, 0.15) is 5.69 Å². The molecule has 2 aliphatic rings. The summed E-state index contributed by atoms with van der Waals surface area (Å²) < 4.78 is 0. The first-order valence-corrected chi connectivity index (χ1v) is 8.76. The summed E-state index contributed by atoms with van der Waals surface area (Å²) in [5, 5.41) is 4.91. The molecule has 0 saturated carbocycles. The SMILES string of the molecule is CNCCN1C(=O)CC[C@H]2CN(C(=O)c3cscn3)CC[C@H]21. The van der Waals surface area contributed by atoms with Gasteiger partial charge in [-0.3, -0.25) is 9.59 Å². The van der Waals surface area contributed by atoms with Crippen molar-refractivity contribution in [3.63, 3.8) is 0 Å². The van der Waals surface area contributed by atoms with Crippen molar-refractivity contribution in [1.82, 2.24) is 20.1 Å². The molecule has 3 heterocycles. The Bertz CT molecular complexity index is 534. The first-order valence-electron chi connectivity index (χ1n) is 7.82. The van der Waals surface area contributed by atoms with Gasteiger partial charge in [0.2, 0.25) is 5.91 Å². The molecule has 0 aliphatic carbocycles. The first kappa shape index (κ1) is 15.4. The molecule has 0 spiro atoms. The monoisotopic (exact) mass is 322 g/mol. The maximum atomic E-state index is 12.4. The van der Waals surface area contributed by atoms with Crippen LogP contribution in [-0.4, -0.2) is 65.9 Å². The highest BCUT2D eigenvalue weighted by atomic mass is 32.1. The molecule has 22 heavy (non-hydrogen) atoms. The minimum atomic E-state index is 0.0263. The third-order valence-electron chi connectivity index (χ3n) is 4.68. The molecule has 120 valence electrons. The number of piperidine rings is 2. The molecule has 2 aliphatic heterocycles. The second kappa shape index (κ2) is 6.75. The molecule has 2 fully saturated rings. The average molecular weight is 322 g/mol. The van der Waals surface area contributed by atoms with Gasteiger partial charge in [-0.2, -0.15) is 0 Å². The lowest BCUT2D eigenvalue weighted by molar-refractivity contribution is -0.140. The Morgan fingerprint density at radius 1 is 1.50 bits per heavy atom. The fourth-order valence-corrected chi connectivity index (χ4v) is 4.06. The Labute approximate surface area is 134 Å². The number of rotatable bonds is 4. The number of carbonyl (C=O) groups excluding carboxylic acids is 2. The second-order valence-corrected chi connectivity index (χ2v) is 6.69. The molecular weight excluding hydrogens is 300 g/mol. The van der Waals surface area contributed by atoms with E-state index in [0.717, 1.165) is 32.5 Å². The van der Waals surface area contributed by atoms with Crippen LogP contribution in [0.25, 0.3) is 0 Å². The lowest BCUT2D eigenvalue weighted by Gasteiger charge is -2.47. The molecule has 1 aromatic rings. The minimum Gasteiger partial charge on any atom is -0.338 e. The summed E-state index contributed by atoms with van der Waals surface area (Å²) in [6.45, 7) is 3.03. The van der Waals surface area contributed by atoms with Gasteiger partial charge < -0.3 is 15.1 Å². The van der Waals surface area contributed by atoms with Gasteiger partial charge in [0.05, 0.1) is 5.51 Å². The Kier molecular flexibility index (Phi) is 4.73. The maximum absolute atomic E-state index is 12.4. The van der Waals surface area contributed by atoms with E-state index in [1.807, 2.05) is 16.8 Å². The summed E-state index contributed by atoms with van der Waals surface area (Å²) in [5.74, 6) is 0.681. The van der Waals surface area contributed by atoms with E-state index in [1.165, 1.54) is 11.3 Å². The molecule has 2 amide bonds. The van der Waals surface area contributed by atoms with Crippen LogP contribution in [0.4, 0.5) is 0 Å². The van der Waals surface area contributed by atoms with E-state index in [9.17, 15) is 9.59 Å². The van der Waals surface area contributed by atoms with E-state index in [4.69, 9.17) is 0 Å². The highest BCUT2D eigenvalue weighted by molar-refractivity contribution is 7.07. The van der Waals surface area contributed by atoms with Crippen molar-refractivity contribution < 1.29 is 9.59 Å². The summed E-state index contributed by atoms with van der Waals surface area (Å²) >= 11 is 1.45. The van der Waals surface area contributed by atoms with Crippen molar-refractivity contribution in [2.75, 3.05) is 33.2 Å². The topological polar surface area (TPSA) is 65.5 Å². The van der Waals surface area contributed by atoms with Crippen LogP contribution in [0.1, 0.15) is 29.8 Å². The summed E-state index contributed by atoms with van der Waals surface area (Å²) in [6, 6.07) is 0.286. The Balaban J connectivity index is 1.66. The molecule has 0 bridgehead atoms. The van der Waals surface area contributed by atoms with Crippen LogP contribution < -0.4 is 5.32 Å². The third-order valence-corrected chi connectivity index (χ3v) is 5.27. The highest BCUT2D eigenvalue weighted by Gasteiger charge is 2.40. The summed E-state index contributed by atoms with van der Waals surface area (Å²) in [5.41, 5.74) is 2.24. The number of amides is 2. The number of likely N-dealkylation sites (tertiary alicyclic amines) is 2.